The molecule has 2 aliphatic rings. The van der Waals surface area contributed by atoms with E-state index in [0.29, 0.717) is 41.8 Å². The number of rotatable bonds is 6. The molecule has 4 rings (SSSR count). The molecule has 2 fully saturated rings. The van der Waals surface area contributed by atoms with Gasteiger partial charge in [-0.3, -0.25) is 9.59 Å². The Balaban J connectivity index is 1.34. The predicted octanol–water partition coefficient (Wildman–Crippen LogP) is 5.34. The summed E-state index contributed by atoms with van der Waals surface area (Å²) in [4.78, 5) is 30.5. The molecule has 0 aromatic heterocycles. The van der Waals surface area contributed by atoms with E-state index in [4.69, 9.17) is 11.6 Å². The standard InChI is InChI=1S/C29H35ClF3N3O3/c1-3-34(2)26(37)24-10-9-23(19-25(24)30)35-15-11-20(12-16-35)21-13-17-36(18-14-21)27(38)28(39,29(31,32)33)22-7-5-4-6-8-22/h4-10,19-21,39H,3,11-18H2,1-2H3/t28-/m1/s1. The maximum absolute atomic E-state index is 13.9. The van der Waals surface area contributed by atoms with Crippen molar-refractivity contribution < 1.29 is 27.9 Å². The van der Waals surface area contributed by atoms with Gasteiger partial charge >= 0.3 is 6.18 Å². The van der Waals surface area contributed by atoms with Gasteiger partial charge < -0.3 is 19.8 Å². The summed E-state index contributed by atoms with van der Waals surface area (Å²) in [5.41, 5.74) is -2.58. The maximum atomic E-state index is 13.9. The maximum Gasteiger partial charge on any atom is 0.430 e. The number of aliphatic hydroxyl groups is 1. The summed E-state index contributed by atoms with van der Waals surface area (Å²) in [7, 11) is 1.73. The molecule has 1 N–H and O–H groups in total. The fraction of sp³-hybridized carbons (Fsp3) is 0.517. The minimum Gasteiger partial charge on any atom is -0.371 e. The van der Waals surface area contributed by atoms with Crippen LogP contribution in [-0.2, 0) is 10.4 Å². The van der Waals surface area contributed by atoms with E-state index in [9.17, 15) is 27.9 Å². The smallest absolute Gasteiger partial charge is 0.371 e. The van der Waals surface area contributed by atoms with E-state index in [2.05, 4.69) is 4.90 Å². The fourth-order valence-corrected chi connectivity index (χ4v) is 6.00. The Morgan fingerprint density at radius 3 is 2.05 bits per heavy atom. The van der Waals surface area contributed by atoms with Gasteiger partial charge in [0.2, 0.25) is 0 Å². The number of carbonyl (C=O) groups is 2. The van der Waals surface area contributed by atoms with E-state index in [-0.39, 0.29) is 19.0 Å². The molecule has 0 bridgehead atoms. The number of nitrogens with zero attached hydrogens (tertiary/aromatic N) is 3. The van der Waals surface area contributed by atoms with Gasteiger partial charge in [-0.1, -0.05) is 41.9 Å². The fourth-order valence-electron chi connectivity index (χ4n) is 5.74. The van der Waals surface area contributed by atoms with Crippen molar-refractivity contribution in [2.75, 3.05) is 44.7 Å². The normalized spacial score (nSPS) is 19.1. The van der Waals surface area contributed by atoms with Gasteiger partial charge in [-0.05, 0) is 62.6 Å². The van der Waals surface area contributed by atoms with Crippen molar-refractivity contribution in [3.05, 3.63) is 64.7 Å². The number of hydrogen-bond acceptors (Lipinski definition) is 4. The molecule has 0 spiro atoms. The molecule has 0 unspecified atom stereocenters. The molecule has 0 radical (unpaired) electrons. The molecule has 6 nitrogen and oxygen atoms in total. The topological polar surface area (TPSA) is 64.1 Å². The summed E-state index contributed by atoms with van der Waals surface area (Å²) in [6.45, 7) is 4.49. The molecular weight excluding hydrogens is 531 g/mol. The lowest BCUT2D eigenvalue weighted by molar-refractivity contribution is -0.262. The lowest BCUT2D eigenvalue weighted by atomic mass is 9.78. The zero-order valence-corrected chi connectivity index (χ0v) is 23.0. The summed E-state index contributed by atoms with van der Waals surface area (Å²) in [6, 6.07) is 12.1. The number of anilines is 1. The first-order chi connectivity index (χ1) is 18.5. The van der Waals surface area contributed by atoms with Crippen molar-refractivity contribution in [1.82, 2.24) is 9.80 Å². The van der Waals surface area contributed by atoms with Gasteiger partial charge in [0.15, 0.2) is 0 Å². The number of halogens is 4. The number of hydrogen-bond donors (Lipinski definition) is 1. The van der Waals surface area contributed by atoms with Crippen LogP contribution in [0.15, 0.2) is 48.5 Å². The van der Waals surface area contributed by atoms with Gasteiger partial charge in [0.25, 0.3) is 17.4 Å². The average molecular weight is 566 g/mol. The minimum absolute atomic E-state index is 0.116. The number of benzene rings is 2. The highest BCUT2D eigenvalue weighted by atomic mass is 35.5. The molecule has 2 saturated heterocycles. The second-order valence-electron chi connectivity index (χ2n) is 10.5. The number of piperidine rings is 2. The highest BCUT2D eigenvalue weighted by Gasteiger charge is 2.62. The van der Waals surface area contributed by atoms with Crippen LogP contribution < -0.4 is 4.90 Å². The van der Waals surface area contributed by atoms with Crippen LogP contribution in [0.3, 0.4) is 0 Å². The summed E-state index contributed by atoms with van der Waals surface area (Å²) < 4.78 is 41.8. The number of likely N-dealkylation sites (tertiary alicyclic amines) is 1. The van der Waals surface area contributed by atoms with Crippen molar-refractivity contribution in [3.63, 3.8) is 0 Å². The van der Waals surface area contributed by atoms with E-state index in [1.807, 2.05) is 19.1 Å². The zero-order chi connectivity index (χ0) is 28.4. The van der Waals surface area contributed by atoms with Crippen molar-refractivity contribution in [1.29, 1.82) is 0 Å². The van der Waals surface area contributed by atoms with Crippen LogP contribution in [0, 0.1) is 11.8 Å². The van der Waals surface area contributed by atoms with E-state index < -0.39 is 23.2 Å². The van der Waals surface area contributed by atoms with Crippen LogP contribution in [0.25, 0.3) is 0 Å². The molecule has 212 valence electrons. The average Bonchev–Trinajstić information content (AvgIpc) is 2.95. The summed E-state index contributed by atoms with van der Waals surface area (Å²) >= 11 is 6.44. The molecule has 2 aliphatic heterocycles. The Kier molecular flexibility index (Phi) is 8.81. The summed E-state index contributed by atoms with van der Waals surface area (Å²) in [6.07, 6.45) is -2.08. The molecule has 39 heavy (non-hydrogen) atoms. The molecular formula is C29H35ClF3N3O3. The van der Waals surface area contributed by atoms with Gasteiger partial charge in [0.05, 0.1) is 10.6 Å². The van der Waals surface area contributed by atoms with Crippen molar-refractivity contribution >= 4 is 29.1 Å². The van der Waals surface area contributed by atoms with Crippen LogP contribution in [0.5, 0.6) is 0 Å². The first-order valence-corrected chi connectivity index (χ1v) is 13.8. The van der Waals surface area contributed by atoms with Crippen LogP contribution in [-0.4, -0.2) is 72.7 Å². The van der Waals surface area contributed by atoms with Crippen molar-refractivity contribution in [3.8, 4) is 0 Å². The van der Waals surface area contributed by atoms with Crippen molar-refractivity contribution in [2.24, 2.45) is 11.8 Å². The number of amides is 2. The third kappa shape index (κ3) is 5.89. The Bertz CT molecular complexity index is 1160. The molecule has 2 amide bonds. The minimum atomic E-state index is -5.13. The molecule has 2 aromatic rings. The molecule has 1 atom stereocenters. The molecule has 2 heterocycles. The Labute approximate surface area is 232 Å². The summed E-state index contributed by atoms with van der Waals surface area (Å²) in [5, 5.41) is 11.1. The second-order valence-corrected chi connectivity index (χ2v) is 10.9. The molecule has 0 aliphatic carbocycles. The van der Waals surface area contributed by atoms with Crippen LogP contribution in [0.1, 0.15) is 48.5 Å². The van der Waals surface area contributed by atoms with Crippen molar-refractivity contribution in [2.45, 2.75) is 44.4 Å². The first kappa shape index (κ1) is 29.2. The Morgan fingerprint density at radius 1 is 0.974 bits per heavy atom. The number of carbonyl (C=O) groups excluding carboxylic acids is 2. The van der Waals surface area contributed by atoms with E-state index >= 15 is 0 Å². The third-order valence-corrected chi connectivity index (χ3v) is 8.63. The SMILES string of the molecule is CCN(C)C(=O)c1ccc(N2CCC(C3CCN(C(=O)[C@](O)(c4ccccc4)C(F)(F)F)CC3)CC2)cc1Cl. The quantitative estimate of drug-likeness (QED) is 0.514. The molecule has 2 aromatic carbocycles. The predicted molar refractivity (Wildman–Crippen MR) is 145 cm³/mol. The van der Waals surface area contributed by atoms with Gasteiger partial charge in [-0.25, -0.2) is 0 Å². The Morgan fingerprint density at radius 2 is 1.54 bits per heavy atom. The van der Waals surface area contributed by atoms with E-state index in [1.54, 1.807) is 24.1 Å². The first-order valence-electron chi connectivity index (χ1n) is 13.4. The highest BCUT2D eigenvalue weighted by molar-refractivity contribution is 6.34. The van der Waals surface area contributed by atoms with Crippen LogP contribution >= 0.6 is 11.6 Å². The zero-order valence-electron chi connectivity index (χ0n) is 22.3. The van der Waals surface area contributed by atoms with E-state index in [1.165, 1.54) is 12.1 Å². The Hall–Kier alpha value is -2.78. The molecule has 0 saturated carbocycles. The van der Waals surface area contributed by atoms with Gasteiger partial charge in [0.1, 0.15) is 0 Å². The lowest BCUT2D eigenvalue weighted by Gasteiger charge is -2.42. The van der Waals surface area contributed by atoms with Crippen LogP contribution in [0.2, 0.25) is 5.02 Å². The monoisotopic (exact) mass is 565 g/mol. The third-order valence-electron chi connectivity index (χ3n) is 8.31. The summed E-state index contributed by atoms with van der Waals surface area (Å²) in [5.74, 6) is -0.711. The highest BCUT2D eigenvalue weighted by Crippen LogP contribution is 2.42. The van der Waals surface area contributed by atoms with Gasteiger partial charge in [-0.2, -0.15) is 13.2 Å². The van der Waals surface area contributed by atoms with Gasteiger partial charge in [-0.15, -0.1) is 0 Å². The molecule has 10 heteroatoms. The largest absolute Gasteiger partial charge is 0.430 e. The van der Waals surface area contributed by atoms with Gasteiger partial charge in [0, 0.05) is 51.0 Å². The van der Waals surface area contributed by atoms with E-state index in [0.717, 1.165) is 48.7 Å². The lowest BCUT2D eigenvalue weighted by Crippen LogP contribution is -2.57. The second kappa shape index (κ2) is 11.8. The number of alkyl halides is 3. The van der Waals surface area contributed by atoms with Crippen LogP contribution in [0.4, 0.5) is 18.9 Å².